The number of benzene rings is 3. The second kappa shape index (κ2) is 12.2. The summed E-state index contributed by atoms with van der Waals surface area (Å²) < 4.78 is 0. The number of H-pyrrole nitrogens is 1. The minimum Gasteiger partial charge on any atom is -0.507 e. The molecule has 0 saturated heterocycles. The molecule has 0 saturated carbocycles. The number of primary amides is 1. The third-order valence-corrected chi connectivity index (χ3v) is 7.22. The smallest absolute Gasteiger partial charge is 0.323 e. The lowest BCUT2D eigenvalue weighted by Gasteiger charge is -2.33. The fourth-order valence-electron chi connectivity index (χ4n) is 5.13. The van der Waals surface area contributed by atoms with Gasteiger partial charge in [-0.25, -0.2) is 9.78 Å². The van der Waals surface area contributed by atoms with E-state index in [-0.39, 0.29) is 51.8 Å². The van der Waals surface area contributed by atoms with Crippen molar-refractivity contribution in [1.29, 1.82) is 5.41 Å². The third-order valence-electron chi connectivity index (χ3n) is 7.22. The third kappa shape index (κ3) is 6.46. The largest absolute Gasteiger partial charge is 0.507 e. The zero-order valence-corrected chi connectivity index (χ0v) is 24.2. The molecule has 0 spiro atoms. The van der Waals surface area contributed by atoms with Gasteiger partial charge in [-0.15, -0.1) is 0 Å². The molecule has 0 bridgehead atoms. The number of carbonyl (C=O) groups excluding carboxylic acids is 2. The van der Waals surface area contributed by atoms with E-state index in [1.54, 1.807) is 30.3 Å². The minimum absolute atomic E-state index is 0.00289. The van der Waals surface area contributed by atoms with Crippen LogP contribution in [0, 0.1) is 5.41 Å². The number of carbonyl (C=O) groups is 4. The molecule has 4 rings (SSSR count). The number of carboxylic acids is 2. The topological polar surface area (TPSA) is 269 Å². The molecular formula is C30H31N7O8. The van der Waals surface area contributed by atoms with Crippen LogP contribution < -0.4 is 16.8 Å². The number of rotatable bonds is 11. The van der Waals surface area contributed by atoms with Gasteiger partial charge in [0.25, 0.3) is 0 Å². The summed E-state index contributed by atoms with van der Waals surface area (Å²) in [5, 5.41) is 51.7. The predicted octanol–water partition coefficient (Wildman–Crippen LogP) is 2.04. The van der Waals surface area contributed by atoms with Gasteiger partial charge in [0, 0.05) is 23.2 Å². The van der Waals surface area contributed by atoms with E-state index in [1.807, 2.05) is 0 Å². The number of para-hydroxylation sites is 1. The van der Waals surface area contributed by atoms with Crippen molar-refractivity contribution in [3.05, 3.63) is 65.2 Å². The number of fused-ring (bicyclic) bond motifs is 1. The van der Waals surface area contributed by atoms with Gasteiger partial charge in [-0.3, -0.25) is 19.8 Å². The van der Waals surface area contributed by atoms with Crippen LogP contribution in [0.3, 0.4) is 0 Å². The molecular weight excluding hydrogens is 586 g/mol. The summed E-state index contributed by atoms with van der Waals surface area (Å²) in [6, 6.07) is 11.3. The fourth-order valence-corrected chi connectivity index (χ4v) is 5.13. The Hall–Kier alpha value is -6.12. The van der Waals surface area contributed by atoms with E-state index < -0.39 is 48.1 Å². The Morgan fingerprint density at radius 1 is 0.978 bits per heavy atom. The van der Waals surface area contributed by atoms with Crippen molar-refractivity contribution >= 4 is 40.7 Å². The second-order valence-electron chi connectivity index (χ2n) is 10.7. The highest BCUT2D eigenvalue weighted by Gasteiger charge is 2.39. The van der Waals surface area contributed by atoms with Crippen molar-refractivity contribution in [1.82, 2.24) is 20.2 Å². The summed E-state index contributed by atoms with van der Waals surface area (Å²) >= 11 is 0. The normalized spacial score (nSPS) is 11.2. The van der Waals surface area contributed by atoms with Gasteiger partial charge in [0.15, 0.2) is 0 Å². The van der Waals surface area contributed by atoms with E-state index in [0.29, 0.717) is 21.5 Å². The number of nitrogen functional groups attached to an aromatic ring is 1. The number of urea groups is 1. The average Bonchev–Trinajstić information content (AvgIpc) is 3.38. The number of aromatic nitrogens is 2. The number of amidine groups is 1. The lowest BCUT2D eigenvalue weighted by Crippen LogP contribution is -2.48. The molecule has 0 aliphatic carbocycles. The molecule has 45 heavy (non-hydrogen) atoms. The number of aromatic hydroxyl groups is 2. The van der Waals surface area contributed by atoms with E-state index in [4.69, 9.17) is 16.9 Å². The van der Waals surface area contributed by atoms with E-state index in [1.165, 1.54) is 32.0 Å². The summed E-state index contributed by atoms with van der Waals surface area (Å²) in [7, 11) is 0. The number of nitrogens with zero attached hydrogens (tertiary/aromatic N) is 2. The molecule has 3 amide bonds. The van der Waals surface area contributed by atoms with Crippen molar-refractivity contribution in [2.45, 2.75) is 25.8 Å². The molecule has 4 aromatic rings. The molecule has 0 unspecified atom stereocenters. The van der Waals surface area contributed by atoms with Crippen LogP contribution in [0.15, 0.2) is 48.5 Å². The Morgan fingerprint density at radius 2 is 1.62 bits per heavy atom. The fraction of sp³-hybridized carbons (Fsp3) is 0.200. The van der Waals surface area contributed by atoms with Crippen molar-refractivity contribution in [3.8, 4) is 34.0 Å². The molecule has 1 aromatic heterocycles. The van der Waals surface area contributed by atoms with Crippen LogP contribution in [-0.2, 0) is 26.3 Å². The molecule has 0 aliphatic rings. The molecule has 0 radical (unpaired) electrons. The average molecular weight is 618 g/mol. The number of nitrogens with two attached hydrogens (primary N) is 2. The number of aromatic amines is 1. The lowest BCUT2D eigenvalue weighted by atomic mass is 9.76. The highest BCUT2D eigenvalue weighted by molar-refractivity contribution is 5.99. The van der Waals surface area contributed by atoms with Gasteiger partial charge in [0.1, 0.15) is 36.2 Å². The number of amides is 3. The molecule has 0 atom stereocenters. The predicted molar refractivity (Wildman–Crippen MR) is 163 cm³/mol. The lowest BCUT2D eigenvalue weighted by molar-refractivity contribution is -0.151. The van der Waals surface area contributed by atoms with Crippen LogP contribution in [0.25, 0.3) is 33.5 Å². The number of phenolic OH excluding ortho intramolecular Hbond substituents is 2. The summed E-state index contributed by atoms with van der Waals surface area (Å²) in [5.41, 5.74) is 11.1. The quantitative estimate of drug-likeness (QED) is 0.0872. The zero-order valence-electron chi connectivity index (χ0n) is 24.2. The van der Waals surface area contributed by atoms with Gasteiger partial charge in [-0.05, 0) is 55.3 Å². The maximum atomic E-state index is 13.9. The molecule has 0 fully saturated rings. The summed E-state index contributed by atoms with van der Waals surface area (Å²) in [6.07, 6.45) is 0. The number of hydrogen-bond donors (Lipinski definition) is 9. The second-order valence-corrected chi connectivity index (χ2v) is 10.7. The number of hydrogen-bond acceptors (Lipinski definition) is 8. The maximum absolute atomic E-state index is 13.9. The van der Waals surface area contributed by atoms with Crippen LogP contribution in [0.1, 0.15) is 30.5 Å². The molecule has 11 N–H and O–H groups in total. The number of aliphatic carboxylic acids is 2. The van der Waals surface area contributed by atoms with Crippen LogP contribution in [0.4, 0.5) is 4.79 Å². The monoisotopic (exact) mass is 617 g/mol. The molecule has 1 heterocycles. The minimum atomic E-state index is -1.69. The SMILES string of the molecule is CC(C)(C(=O)N(CC(=O)O)CC(=O)O)c1cc(-c2nc3ccc(C(=N)N)cc3[nH]2)c(O)c(-c2ccccc2O)c1CNC(N)=O. The standard InChI is InChI=1S/C30H31N7O8/c1-30(2,28(44)37(12-22(39)40)13-23(41)42)18-10-16(27-35-19-8-7-14(26(31)32)9-20(19)36-27)25(43)24(17(18)11-34-29(33)45)15-5-3-4-6-21(15)38/h3-10,38,43H,11-13H2,1-2H3,(H3,31,32)(H,35,36)(H,39,40)(H,41,42)(H3,33,34,45). The van der Waals surface area contributed by atoms with Crippen molar-refractivity contribution in [2.75, 3.05) is 13.1 Å². The van der Waals surface area contributed by atoms with Crippen molar-refractivity contribution < 1.29 is 39.6 Å². The Balaban J connectivity index is 2.08. The van der Waals surface area contributed by atoms with Gasteiger partial charge < -0.3 is 47.1 Å². The zero-order chi connectivity index (χ0) is 33.2. The number of nitrogens with one attached hydrogen (secondary N) is 3. The molecule has 15 heteroatoms. The van der Waals surface area contributed by atoms with E-state index >= 15 is 0 Å². The Labute approximate surface area is 255 Å². The summed E-state index contributed by atoms with van der Waals surface area (Å²) in [4.78, 5) is 57.2. The number of phenols is 2. The summed E-state index contributed by atoms with van der Waals surface area (Å²) in [5.74, 6) is -4.49. The number of imidazole rings is 1. The Bertz CT molecular complexity index is 1850. The Morgan fingerprint density at radius 3 is 2.20 bits per heavy atom. The van der Waals surface area contributed by atoms with Gasteiger partial charge in [-0.2, -0.15) is 0 Å². The van der Waals surface area contributed by atoms with Gasteiger partial charge >= 0.3 is 18.0 Å². The van der Waals surface area contributed by atoms with Crippen LogP contribution in [-0.4, -0.2) is 78.1 Å². The van der Waals surface area contributed by atoms with Gasteiger partial charge in [-0.1, -0.05) is 18.2 Å². The van der Waals surface area contributed by atoms with Crippen LogP contribution in [0.5, 0.6) is 11.5 Å². The van der Waals surface area contributed by atoms with Crippen LogP contribution in [0.2, 0.25) is 0 Å². The molecule has 0 aliphatic heterocycles. The highest BCUT2D eigenvalue weighted by Crippen LogP contribution is 2.47. The molecule has 15 nitrogen and oxygen atoms in total. The van der Waals surface area contributed by atoms with E-state index in [2.05, 4.69) is 15.3 Å². The maximum Gasteiger partial charge on any atom is 0.323 e. The molecule has 234 valence electrons. The van der Waals surface area contributed by atoms with Crippen molar-refractivity contribution in [3.63, 3.8) is 0 Å². The first-order valence-corrected chi connectivity index (χ1v) is 13.4. The first-order valence-electron chi connectivity index (χ1n) is 13.4. The van der Waals surface area contributed by atoms with Gasteiger partial charge in [0.05, 0.1) is 22.0 Å². The van der Waals surface area contributed by atoms with Crippen LogP contribution >= 0.6 is 0 Å². The number of carboxylic acid groups (broad SMARTS) is 2. The highest BCUT2D eigenvalue weighted by atomic mass is 16.4. The van der Waals surface area contributed by atoms with E-state index in [0.717, 1.165) is 0 Å². The van der Waals surface area contributed by atoms with Crippen molar-refractivity contribution in [2.24, 2.45) is 11.5 Å². The van der Waals surface area contributed by atoms with Gasteiger partial charge in [0.2, 0.25) is 5.91 Å². The van der Waals surface area contributed by atoms with E-state index in [9.17, 15) is 39.6 Å². The first-order chi connectivity index (χ1) is 21.1. The first kappa shape index (κ1) is 31.8. The molecule has 3 aromatic carbocycles. The summed E-state index contributed by atoms with van der Waals surface area (Å²) in [6.45, 7) is 0.690. The Kier molecular flexibility index (Phi) is 8.65.